The molecule has 1 aromatic heterocycles. The van der Waals surface area contributed by atoms with Gasteiger partial charge in [0.15, 0.2) is 0 Å². The highest BCUT2D eigenvalue weighted by Gasteiger charge is 1.99. The third-order valence-electron chi connectivity index (χ3n) is 2.33. The fourth-order valence-electron chi connectivity index (χ4n) is 1.46. The van der Waals surface area contributed by atoms with Gasteiger partial charge in [0.25, 0.3) is 0 Å². The predicted octanol–water partition coefficient (Wildman–Crippen LogP) is 3.26. The van der Waals surface area contributed by atoms with E-state index in [-0.39, 0.29) is 0 Å². The van der Waals surface area contributed by atoms with E-state index >= 15 is 0 Å². The molecule has 0 aliphatic rings. The maximum atomic E-state index is 5.64. The Bertz CT molecular complexity index is 483. The van der Waals surface area contributed by atoms with Gasteiger partial charge >= 0.3 is 0 Å². The zero-order valence-electron chi connectivity index (χ0n) is 9.18. The molecule has 2 rings (SSSR count). The van der Waals surface area contributed by atoms with Crippen molar-refractivity contribution in [2.75, 3.05) is 5.73 Å². The third kappa shape index (κ3) is 2.76. The lowest BCUT2D eigenvalue weighted by molar-refractivity contribution is 1.26. The Hall–Kier alpha value is -1.48. The number of aromatic nitrogens is 1. The van der Waals surface area contributed by atoms with Gasteiger partial charge in [0.2, 0.25) is 0 Å². The Morgan fingerprint density at radius 2 is 2.06 bits per heavy atom. The summed E-state index contributed by atoms with van der Waals surface area (Å²) in [5.74, 6) is 1.51. The number of nitrogens with two attached hydrogens (primary N) is 1. The van der Waals surface area contributed by atoms with Gasteiger partial charge in [-0.15, -0.1) is 11.8 Å². The van der Waals surface area contributed by atoms with Crippen LogP contribution in [0.15, 0.2) is 47.5 Å². The fourth-order valence-corrected chi connectivity index (χ4v) is 2.44. The first-order valence-electron chi connectivity index (χ1n) is 5.14. The van der Waals surface area contributed by atoms with Crippen LogP contribution < -0.4 is 5.73 Å². The first-order valence-corrected chi connectivity index (χ1v) is 6.13. The number of pyridine rings is 1. The Morgan fingerprint density at radius 1 is 1.25 bits per heavy atom. The molecule has 1 heterocycles. The van der Waals surface area contributed by atoms with Crippen molar-refractivity contribution in [1.82, 2.24) is 4.98 Å². The number of nitrogens with zero attached hydrogens (tertiary/aromatic N) is 1. The van der Waals surface area contributed by atoms with Crippen LogP contribution in [0.25, 0.3) is 0 Å². The Morgan fingerprint density at radius 3 is 2.81 bits per heavy atom. The number of thioether (sulfide) groups is 1. The van der Waals surface area contributed by atoms with Crippen LogP contribution in [-0.4, -0.2) is 4.98 Å². The van der Waals surface area contributed by atoms with Crippen LogP contribution in [0.1, 0.15) is 11.1 Å². The SMILES string of the molecule is Cc1ccccc1SCc1ccnc(N)c1. The second-order valence-electron chi connectivity index (χ2n) is 3.64. The summed E-state index contributed by atoms with van der Waals surface area (Å²) < 4.78 is 0. The molecule has 0 aliphatic carbocycles. The van der Waals surface area contributed by atoms with Gasteiger partial charge in [0.1, 0.15) is 5.82 Å². The highest BCUT2D eigenvalue weighted by Crippen LogP contribution is 2.25. The molecule has 2 aromatic rings. The lowest BCUT2D eigenvalue weighted by atomic mass is 10.2. The summed E-state index contributed by atoms with van der Waals surface area (Å²) in [5, 5.41) is 0. The van der Waals surface area contributed by atoms with Crippen molar-refractivity contribution < 1.29 is 0 Å². The molecule has 1 aromatic carbocycles. The monoisotopic (exact) mass is 230 g/mol. The Balaban J connectivity index is 2.05. The first kappa shape index (κ1) is 11.0. The smallest absolute Gasteiger partial charge is 0.123 e. The number of rotatable bonds is 3. The zero-order valence-corrected chi connectivity index (χ0v) is 10.00. The number of hydrogen-bond acceptors (Lipinski definition) is 3. The topological polar surface area (TPSA) is 38.9 Å². The van der Waals surface area contributed by atoms with Gasteiger partial charge < -0.3 is 5.73 Å². The minimum absolute atomic E-state index is 0.586. The van der Waals surface area contributed by atoms with Crippen molar-refractivity contribution >= 4 is 17.6 Å². The summed E-state index contributed by atoms with van der Waals surface area (Å²) in [5.41, 5.74) is 8.16. The summed E-state index contributed by atoms with van der Waals surface area (Å²) in [6, 6.07) is 12.3. The van der Waals surface area contributed by atoms with Crippen LogP contribution in [0.4, 0.5) is 5.82 Å². The first-order chi connectivity index (χ1) is 7.75. The molecule has 0 spiro atoms. The highest BCUT2D eigenvalue weighted by molar-refractivity contribution is 7.98. The summed E-state index contributed by atoms with van der Waals surface area (Å²) in [7, 11) is 0. The Labute approximate surface area is 99.9 Å². The molecule has 0 radical (unpaired) electrons. The molecule has 0 unspecified atom stereocenters. The molecule has 0 saturated heterocycles. The van der Waals surface area contributed by atoms with Crippen LogP contribution in [0.5, 0.6) is 0 Å². The number of benzene rings is 1. The molecule has 3 heteroatoms. The third-order valence-corrected chi connectivity index (χ3v) is 3.58. The molecule has 82 valence electrons. The van der Waals surface area contributed by atoms with Crippen LogP contribution in [0, 0.1) is 6.92 Å². The van der Waals surface area contributed by atoms with E-state index in [9.17, 15) is 0 Å². The van der Waals surface area contributed by atoms with E-state index < -0.39 is 0 Å². The van der Waals surface area contributed by atoms with Crippen molar-refractivity contribution in [2.24, 2.45) is 0 Å². The quantitative estimate of drug-likeness (QED) is 0.822. The van der Waals surface area contributed by atoms with E-state index in [1.807, 2.05) is 23.9 Å². The molecule has 0 amide bonds. The van der Waals surface area contributed by atoms with E-state index in [4.69, 9.17) is 5.73 Å². The normalized spacial score (nSPS) is 10.3. The van der Waals surface area contributed by atoms with Gasteiger partial charge in [-0.1, -0.05) is 18.2 Å². The van der Waals surface area contributed by atoms with Crippen molar-refractivity contribution in [3.8, 4) is 0 Å². The van der Waals surface area contributed by atoms with Crippen LogP contribution >= 0.6 is 11.8 Å². The van der Waals surface area contributed by atoms with Crippen molar-refractivity contribution in [3.63, 3.8) is 0 Å². The minimum Gasteiger partial charge on any atom is -0.384 e. The highest BCUT2D eigenvalue weighted by atomic mass is 32.2. The van der Waals surface area contributed by atoms with Gasteiger partial charge in [-0.25, -0.2) is 4.98 Å². The van der Waals surface area contributed by atoms with E-state index in [1.54, 1.807) is 6.20 Å². The van der Waals surface area contributed by atoms with Gasteiger partial charge in [0.05, 0.1) is 0 Å². The molecular formula is C13H14N2S. The molecule has 16 heavy (non-hydrogen) atoms. The van der Waals surface area contributed by atoms with Crippen LogP contribution in [0.2, 0.25) is 0 Å². The molecule has 0 saturated carbocycles. The van der Waals surface area contributed by atoms with Crippen LogP contribution in [0.3, 0.4) is 0 Å². The molecule has 0 aliphatic heterocycles. The van der Waals surface area contributed by atoms with E-state index in [1.165, 1.54) is 16.0 Å². The lowest BCUT2D eigenvalue weighted by Gasteiger charge is -2.05. The summed E-state index contributed by atoms with van der Waals surface area (Å²) in [6.07, 6.45) is 1.75. The number of aryl methyl sites for hydroxylation is 1. The van der Waals surface area contributed by atoms with E-state index in [0.29, 0.717) is 5.82 Å². The molecular weight excluding hydrogens is 216 g/mol. The van der Waals surface area contributed by atoms with Crippen molar-refractivity contribution in [3.05, 3.63) is 53.7 Å². The number of nitrogen functional groups attached to an aromatic ring is 1. The number of hydrogen-bond donors (Lipinski definition) is 1. The molecule has 2 N–H and O–H groups in total. The predicted molar refractivity (Wildman–Crippen MR) is 69.4 cm³/mol. The maximum Gasteiger partial charge on any atom is 0.123 e. The van der Waals surface area contributed by atoms with E-state index in [2.05, 4.69) is 36.2 Å². The Kier molecular flexibility index (Phi) is 3.47. The summed E-state index contributed by atoms with van der Waals surface area (Å²) in [4.78, 5) is 5.30. The largest absolute Gasteiger partial charge is 0.384 e. The van der Waals surface area contributed by atoms with Gasteiger partial charge in [-0.2, -0.15) is 0 Å². The number of anilines is 1. The van der Waals surface area contributed by atoms with Gasteiger partial charge in [-0.05, 0) is 36.2 Å². The van der Waals surface area contributed by atoms with Crippen LogP contribution in [-0.2, 0) is 5.75 Å². The average Bonchev–Trinajstić information content (AvgIpc) is 2.28. The van der Waals surface area contributed by atoms with E-state index in [0.717, 1.165) is 5.75 Å². The van der Waals surface area contributed by atoms with Gasteiger partial charge in [0, 0.05) is 16.8 Å². The molecule has 0 bridgehead atoms. The van der Waals surface area contributed by atoms with Gasteiger partial charge in [-0.3, -0.25) is 0 Å². The van der Waals surface area contributed by atoms with Crippen molar-refractivity contribution in [1.29, 1.82) is 0 Å². The minimum atomic E-state index is 0.586. The fraction of sp³-hybridized carbons (Fsp3) is 0.154. The zero-order chi connectivity index (χ0) is 11.4. The molecule has 0 atom stereocenters. The summed E-state index contributed by atoms with van der Waals surface area (Å²) >= 11 is 1.83. The standard InChI is InChI=1S/C13H14N2S/c1-10-4-2-3-5-12(10)16-9-11-6-7-15-13(14)8-11/h2-8H,9H2,1H3,(H2,14,15). The maximum absolute atomic E-state index is 5.64. The second-order valence-corrected chi connectivity index (χ2v) is 4.66. The lowest BCUT2D eigenvalue weighted by Crippen LogP contribution is -1.91. The molecule has 2 nitrogen and oxygen atoms in total. The average molecular weight is 230 g/mol. The second kappa shape index (κ2) is 5.03. The molecule has 0 fully saturated rings. The van der Waals surface area contributed by atoms with Crippen molar-refractivity contribution in [2.45, 2.75) is 17.6 Å². The summed E-state index contributed by atoms with van der Waals surface area (Å²) in [6.45, 7) is 2.13.